The van der Waals surface area contributed by atoms with Crippen LogP contribution in [0.1, 0.15) is 35.0 Å². The van der Waals surface area contributed by atoms with E-state index in [1.165, 1.54) is 76.5 Å². The number of carboxylic acids is 1. The summed E-state index contributed by atoms with van der Waals surface area (Å²) in [6, 6.07) is 19.0. The molecular weight excluding hydrogens is 862 g/mol. The third-order valence-electron chi connectivity index (χ3n) is 7.37. The van der Waals surface area contributed by atoms with Gasteiger partial charge < -0.3 is 30.2 Å². The van der Waals surface area contributed by atoms with Crippen molar-refractivity contribution in [2.24, 2.45) is 0 Å². The molecule has 282 valence electrons. The number of hydrogen-bond acceptors (Lipinski definition) is 14. The van der Waals surface area contributed by atoms with E-state index in [9.17, 15) is 14.4 Å². The number of hydrogen-bond donors (Lipinski definition) is 1. The van der Waals surface area contributed by atoms with Crippen molar-refractivity contribution in [3.05, 3.63) is 113 Å². The second-order valence-corrected chi connectivity index (χ2v) is 13.2. The number of thiocarbonyl (C=S) groups is 1. The Kier molecular flexibility index (Phi) is 16.6. The summed E-state index contributed by atoms with van der Waals surface area (Å²) in [6.45, 7) is 2.76. The minimum Gasteiger partial charge on any atom is -0.753 e. The maximum atomic E-state index is 11.2. The minimum atomic E-state index is -1.11. The SMILES string of the molecule is CCCCc1ccc(-c2ccc(-c3cc(-c4nccs4)n[n-]3)nc2)s1.O=COc1ccnc(-c2cc(OC=O)cc(-c3cc(C(=O)O)ccn3)n2)c1.[N-]=C=S.[Ru+2]. The van der Waals surface area contributed by atoms with Crippen molar-refractivity contribution in [3.8, 4) is 66.8 Å². The van der Waals surface area contributed by atoms with Gasteiger partial charge in [-0.05, 0) is 61.4 Å². The number of isothiocyanates is 1. The standard InChI is InChI=1S/C19H17N4S2.C18H11N3O6.CNS.Ru/c1-2-3-4-14-6-8-18(25-14)13-5-7-15(21-12-13)16-11-17(23-22-16)19-20-9-10-24-19;22-9-26-12-2-4-20-15(6-12)17-8-13(27-10-23)7-16(21-17)14-5-11(18(24)25)1-3-19-14;2-1-3;/h5-12H,2-4H2,1H3;1-10H,(H,24,25);;/q-1;;-1;+2. The van der Waals surface area contributed by atoms with E-state index >= 15 is 0 Å². The number of carbonyl (C=O) groups is 3. The number of unbranched alkanes of at least 4 members (excludes halogenated alkanes) is 1. The third kappa shape index (κ3) is 11.7. The second kappa shape index (κ2) is 21.8. The number of aromatic nitrogens is 7. The first-order chi connectivity index (χ1) is 26.8. The molecule has 14 nitrogen and oxygen atoms in total. The fourth-order valence-corrected chi connectivity index (χ4v) is 6.49. The Labute approximate surface area is 346 Å². The summed E-state index contributed by atoms with van der Waals surface area (Å²) in [5.41, 5.74) is 4.80. The molecule has 7 rings (SSSR count). The first kappa shape index (κ1) is 42.7. The molecule has 0 aliphatic rings. The zero-order valence-electron chi connectivity index (χ0n) is 29.2. The van der Waals surface area contributed by atoms with E-state index in [1.807, 2.05) is 35.0 Å². The van der Waals surface area contributed by atoms with Gasteiger partial charge in [0.2, 0.25) is 0 Å². The molecule has 7 heterocycles. The Bertz CT molecular complexity index is 2400. The summed E-state index contributed by atoms with van der Waals surface area (Å²) in [5, 5.41) is 28.9. The van der Waals surface area contributed by atoms with E-state index in [2.05, 4.69) is 72.5 Å². The number of carbonyl (C=O) groups excluding carboxylic acids is 2. The molecule has 56 heavy (non-hydrogen) atoms. The van der Waals surface area contributed by atoms with Crippen molar-refractivity contribution in [2.45, 2.75) is 26.2 Å². The van der Waals surface area contributed by atoms with Crippen LogP contribution in [0.3, 0.4) is 0 Å². The largest absolute Gasteiger partial charge is 2.00 e. The second-order valence-electron chi connectivity index (χ2n) is 11.0. The van der Waals surface area contributed by atoms with Gasteiger partial charge in [-0.2, -0.15) is 5.16 Å². The molecule has 0 aromatic carbocycles. The van der Waals surface area contributed by atoms with Gasteiger partial charge in [-0.3, -0.25) is 24.5 Å². The van der Waals surface area contributed by atoms with Gasteiger partial charge in [-0.1, -0.05) is 31.3 Å². The summed E-state index contributed by atoms with van der Waals surface area (Å²) >= 11 is 7.11. The summed E-state index contributed by atoms with van der Waals surface area (Å²) < 4.78 is 9.70. The molecule has 0 aliphatic heterocycles. The van der Waals surface area contributed by atoms with Crippen LogP contribution in [0.15, 0.2) is 96.9 Å². The van der Waals surface area contributed by atoms with Crippen molar-refractivity contribution in [1.82, 2.24) is 35.1 Å². The molecule has 0 unspecified atom stereocenters. The van der Waals surface area contributed by atoms with Gasteiger partial charge in [0, 0.05) is 69.4 Å². The molecule has 18 heteroatoms. The van der Waals surface area contributed by atoms with E-state index in [1.54, 1.807) is 17.5 Å². The molecule has 0 aliphatic carbocycles. The number of carboxylic acid groups (broad SMARTS) is 1. The minimum absolute atomic E-state index is 0. The number of rotatable bonds is 13. The first-order valence-corrected chi connectivity index (χ1v) is 18.3. The van der Waals surface area contributed by atoms with E-state index in [0.717, 1.165) is 34.1 Å². The van der Waals surface area contributed by atoms with Crippen molar-refractivity contribution in [3.63, 3.8) is 0 Å². The molecule has 0 saturated heterocycles. The molecule has 0 fully saturated rings. The average Bonchev–Trinajstić information content (AvgIpc) is 4.02. The molecule has 0 amide bonds. The van der Waals surface area contributed by atoms with Crippen LogP contribution in [0.2, 0.25) is 0 Å². The third-order valence-corrected chi connectivity index (χ3v) is 9.36. The van der Waals surface area contributed by atoms with Crippen molar-refractivity contribution < 1.29 is 48.4 Å². The molecule has 0 bridgehead atoms. The maximum Gasteiger partial charge on any atom is 2.00 e. The molecule has 1 N–H and O–H groups in total. The predicted octanol–water partition coefficient (Wildman–Crippen LogP) is 7.93. The van der Waals surface area contributed by atoms with Crippen LogP contribution in [-0.4, -0.2) is 59.2 Å². The fourth-order valence-electron chi connectivity index (χ4n) is 4.86. The van der Waals surface area contributed by atoms with Crippen LogP contribution in [0.5, 0.6) is 11.5 Å². The maximum absolute atomic E-state index is 11.2. The predicted molar refractivity (Wildman–Crippen MR) is 211 cm³/mol. The average molecular weight is 890 g/mol. The van der Waals surface area contributed by atoms with Crippen LogP contribution >= 0.6 is 34.9 Å². The number of nitrogens with zero attached hydrogens (tertiary/aromatic N) is 8. The summed E-state index contributed by atoms with van der Waals surface area (Å²) in [5.74, 6) is -0.693. The molecule has 0 atom stereocenters. The van der Waals surface area contributed by atoms with Crippen molar-refractivity contribution >= 4 is 59.0 Å². The van der Waals surface area contributed by atoms with Crippen LogP contribution < -0.4 is 14.6 Å². The molecular formula is C38H28N8O6RuS3. The summed E-state index contributed by atoms with van der Waals surface area (Å²) in [7, 11) is 0. The Hall–Kier alpha value is -6.03. The van der Waals surface area contributed by atoms with Crippen LogP contribution in [0, 0.1) is 0 Å². The fraction of sp³-hybridized carbons (Fsp3) is 0.105. The Balaban J connectivity index is 0.000000229. The van der Waals surface area contributed by atoms with Crippen molar-refractivity contribution in [2.75, 3.05) is 0 Å². The topological polar surface area (TPSA) is 204 Å². The molecule has 0 saturated carbocycles. The molecule has 0 spiro atoms. The number of pyridine rings is 4. The van der Waals surface area contributed by atoms with Gasteiger partial charge >= 0.3 is 25.4 Å². The van der Waals surface area contributed by atoms with Crippen molar-refractivity contribution in [1.29, 1.82) is 0 Å². The molecule has 7 aromatic rings. The zero-order chi connectivity index (χ0) is 39.0. The van der Waals surface area contributed by atoms with Crippen LogP contribution in [-0.2, 0) is 35.5 Å². The van der Waals surface area contributed by atoms with Gasteiger partial charge in [0.15, 0.2) is 0 Å². The molecule has 0 radical (unpaired) electrons. The van der Waals surface area contributed by atoms with Gasteiger partial charge in [-0.25, -0.2) is 14.8 Å². The number of aryl methyl sites for hydroxylation is 1. The number of aromatic carboxylic acids is 1. The smallest absolute Gasteiger partial charge is 0.753 e. The Morgan fingerprint density at radius 2 is 1.55 bits per heavy atom. The molecule has 7 aromatic heterocycles. The van der Waals surface area contributed by atoms with Gasteiger partial charge in [0.25, 0.3) is 12.9 Å². The van der Waals surface area contributed by atoms with E-state index in [4.69, 9.17) is 20.0 Å². The number of thiazole rings is 1. The van der Waals surface area contributed by atoms with Crippen LogP contribution in [0.4, 0.5) is 0 Å². The number of thiophene rings is 1. The number of ether oxygens (including phenoxy) is 2. The van der Waals surface area contributed by atoms with Gasteiger partial charge in [0.1, 0.15) is 16.5 Å². The van der Waals surface area contributed by atoms with Crippen LogP contribution in [0.25, 0.3) is 60.7 Å². The van der Waals surface area contributed by atoms with Gasteiger partial charge in [0.05, 0.1) is 34.0 Å². The van der Waals surface area contributed by atoms with E-state index < -0.39 is 5.97 Å². The first-order valence-electron chi connectivity index (χ1n) is 16.2. The van der Waals surface area contributed by atoms with E-state index in [-0.39, 0.29) is 60.9 Å². The summed E-state index contributed by atoms with van der Waals surface area (Å²) in [6.07, 6.45) is 10.1. The Morgan fingerprint density at radius 1 is 0.857 bits per heavy atom. The normalized spacial score (nSPS) is 9.95. The van der Waals surface area contributed by atoms with Gasteiger partial charge in [-0.15, -0.1) is 22.7 Å². The van der Waals surface area contributed by atoms with E-state index in [0.29, 0.717) is 11.4 Å². The summed E-state index contributed by atoms with van der Waals surface area (Å²) in [4.78, 5) is 56.6. The monoisotopic (exact) mass is 890 g/mol. The zero-order valence-corrected chi connectivity index (χ0v) is 33.3. The Morgan fingerprint density at radius 3 is 2.20 bits per heavy atom. The quantitative estimate of drug-likeness (QED) is 0.0506.